The quantitative estimate of drug-likeness (QED) is 0.591. The van der Waals surface area contributed by atoms with Crippen LogP contribution in [0.15, 0.2) is 0 Å². The van der Waals surface area contributed by atoms with Crippen LogP contribution in [0.3, 0.4) is 0 Å². The van der Waals surface area contributed by atoms with Gasteiger partial charge in [0, 0.05) is 19.5 Å². The van der Waals surface area contributed by atoms with Crippen LogP contribution in [0.1, 0.15) is 19.8 Å². The van der Waals surface area contributed by atoms with Crippen molar-refractivity contribution in [2.24, 2.45) is 5.92 Å². The van der Waals surface area contributed by atoms with Gasteiger partial charge in [0.25, 0.3) is 0 Å². The van der Waals surface area contributed by atoms with Crippen LogP contribution >= 0.6 is 0 Å². The Kier molecular flexibility index (Phi) is 5.93. The second-order valence-corrected chi connectivity index (χ2v) is 4.20. The van der Waals surface area contributed by atoms with E-state index >= 15 is 0 Å². The maximum atomic E-state index is 11.7. The summed E-state index contributed by atoms with van der Waals surface area (Å²) in [5.41, 5.74) is 0. The first-order chi connectivity index (χ1) is 8.13. The third kappa shape index (κ3) is 5.14. The van der Waals surface area contributed by atoms with Crippen LogP contribution in [0.5, 0.6) is 0 Å². The van der Waals surface area contributed by atoms with E-state index in [1.807, 2.05) is 6.92 Å². The number of carboxylic acid groups (broad SMARTS) is 1. The summed E-state index contributed by atoms with van der Waals surface area (Å²) in [6.07, 6.45) is 0.826. The van der Waals surface area contributed by atoms with Crippen molar-refractivity contribution in [3.63, 3.8) is 0 Å². The molecule has 2 unspecified atom stereocenters. The molecule has 0 aromatic rings. The molecule has 1 saturated heterocycles. The van der Waals surface area contributed by atoms with Crippen molar-refractivity contribution >= 4 is 11.9 Å². The summed E-state index contributed by atoms with van der Waals surface area (Å²) in [6, 6.07) is -0.314. The van der Waals surface area contributed by atoms with E-state index < -0.39 is 5.97 Å². The van der Waals surface area contributed by atoms with Crippen LogP contribution < -0.4 is 10.6 Å². The zero-order valence-corrected chi connectivity index (χ0v) is 10.1. The van der Waals surface area contributed by atoms with E-state index in [1.54, 1.807) is 0 Å². The maximum Gasteiger partial charge on any atom is 0.303 e. The Balaban J connectivity index is 2.27. The number of carbonyl (C=O) groups is 2. The lowest BCUT2D eigenvalue weighted by molar-refractivity contribution is -0.138. The Morgan fingerprint density at radius 2 is 2.35 bits per heavy atom. The zero-order chi connectivity index (χ0) is 12.7. The molecule has 6 nitrogen and oxygen atoms in total. The number of rotatable bonds is 6. The number of hydrogen-bond donors (Lipinski definition) is 3. The van der Waals surface area contributed by atoms with Crippen LogP contribution in [-0.2, 0) is 14.3 Å². The van der Waals surface area contributed by atoms with Gasteiger partial charge in [0.05, 0.1) is 13.2 Å². The average Bonchev–Trinajstić information content (AvgIpc) is 2.34. The van der Waals surface area contributed by atoms with Crippen LogP contribution in [0, 0.1) is 5.92 Å². The average molecular weight is 244 g/mol. The van der Waals surface area contributed by atoms with Crippen molar-refractivity contribution in [3.05, 3.63) is 0 Å². The van der Waals surface area contributed by atoms with Crippen molar-refractivity contribution < 1.29 is 19.4 Å². The minimum absolute atomic E-state index is 0.0130. The molecule has 3 N–H and O–H groups in total. The van der Waals surface area contributed by atoms with Crippen LogP contribution in [0.4, 0.5) is 0 Å². The van der Waals surface area contributed by atoms with Gasteiger partial charge in [-0.05, 0) is 5.92 Å². The van der Waals surface area contributed by atoms with E-state index in [2.05, 4.69) is 10.6 Å². The van der Waals surface area contributed by atoms with E-state index in [1.165, 1.54) is 0 Å². The predicted octanol–water partition coefficient (Wildman–Crippen LogP) is -0.408. The summed E-state index contributed by atoms with van der Waals surface area (Å²) in [4.78, 5) is 22.3. The SMILES string of the molecule is CCC(CNC(=O)C1COCCN1)CC(=O)O. The third-order valence-corrected chi connectivity index (χ3v) is 2.84. The zero-order valence-electron chi connectivity index (χ0n) is 10.1. The van der Waals surface area contributed by atoms with Gasteiger partial charge in [-0.3, -0.25) is 9.59 Å². The van der Waals surface area contributed by atoms with Gasteiger partial charge in [0.15, 0.2) is 0 Å². The minimum Gasteiger partial charge on any atom is -0.481 e. The highest BCUT2D eigenvalue weighted by atomic mass is 16.5. The topological polar surface area (TPSA) is 87.7 Å². The molecule has 0 saturated carbocycles. The molecule has 0 aliphatic carbocycles. The number of ether oxygens (including phenoxy) is 1. The standard InChI is InChI=1S/C11H20N2O4/c1-2-8(5-10(14)15)6-13-11(16)9-7-17-4-3-12-9/h8-9,12H,2-7H2,1H3,(H,13,16)(H,14,15). The van der Waals surface area contributed by atoms with E-state index in [9.17, 15) is 9.59 Å². The van der Waals surface area contributed by atoms with Crippen molar-refractivity contribution in [1.29, 1.82) is 0 Å². The molecule has 0 radical (unpaired) electrons. The highest BCUT2D eigenvalue weighted by Gasteiger charge is 2.21. The summed E-state index contributed by atoms with van der Waals surface area (Å²) in [5.74, 6) is -0.959. The summed E-state index contributed by atoms with van der Waals surface area (Å²) >= 11 is 0. The molecule has 1 aliphatic rings. The lowest BCUT2D eigenvalue weighted by Crippen LogP contribution is -2.51. The first-order valence-electron chi connectivity index (χ1n) is 5.94. The number of aliphatic carboxylic acids is 1. The lowest BCUT2D eigenvalue weighted by Gasteiger charge is -2.23. The van der Waals surface area contributed by atoms with Crippen molar-refractivity contribution in [2.75, 3.05) is 26.3 Å². The monoisotopic (exact) mass is 244 g/mol. The Morgan fingerprint density at radius 1 is 1.59 bits per heavy atom. The molecule has 17 heavy (non-hydrogen) atoms. The molecule has 1 fully saturated rings. The Hall–Kier alpha value is -1.14. The van der Waals surface area contributed by atoms with Gasteiger partial charge >= 0.3 is 5.97 Å². The molecule has 1 rings (SSSR count). The Bertz CT molecular complexity index is 264. The molecule has 98 valence electrons. The number of carboxylic acids is 1. The number of morpholine rings is 1. The van der Waals surface area contributed by atoms with E-state index in [0.717, 1.165) is 6.42 Å². The Morgan fingerprint density at radius 3 is 2.88 bits per heavy atom. The molecule has 0 aromatic heterocycles. The van der Waals surface area contributed by atoms with Gasteiger partial charge < -0.3 is 20.5 Å². The first kappa shape index (κ1) is 13.9. The molecule has 2 atom stereocenters. The van der Waals surface area contributed by atoms with Crippen molar-refractivity contribution in [3.8, 4) is 0 Å². The largest absolute Gasteiger partial charge is 0.481 e. The van der Waals surface area contributed by atoms with Gasteiger partial charge in [0.1, 0.15) is 6.04 Å². The molecule has 0 spiro atoms. The maximum absolute atomic E-state index is 11.7. The third-order valence-electron chi connectivity index (χ3n) is 2.84. The van der Waals surface area contributed by atoms with Crippen LogP contribution in [0.2, 0.25) is 0 Å². The number of nitrogens with one attached hydrogen (secondary N) is 2. The minimum atomic E-state index is -0.828. The molecule has 1 heterocycles. The van der Waals surface area contributed by atoms with Gasteiger partial charge in [-0.2, -0.15) is 0 Å². The van der Waals surface area contributed by atoms with Gasteiger partial charge in [-0.1, -0.05) is 13.3 Å². The molecule has 0 aromatic carbocycles. The number of hydrogen-bond acceptors (Lipinski definition) is 4. The first-order valence-corrected chi connectivity index (χ1v) is 5.94. The van der Waals surface area contributed by atoms with Crippen LogP contribution in [0.25, 0.3) is 0 Å². The summed E-state index contributed by atoms with van der Waals surface area (Å²) in [6.45, 7) is 3.99. The normalized spacial score (nSPS) is 21.8. The second kappa shape index (κ2) is 7.24. The van der Waals surface area contributed by atoms with Crippen LogP contribution in [-0.4, -0.2) is 49.3 Å². The van der Waals surface area contributed by atoms with E-state index in [0.29, 0.717) is 26.3 Å². The highest BCUT2D eigenvalue weighted by molar-refractivity contribution is 5.82. The molecule has 1 amide bonds. The fraction of sp³-hybridized carbons (Fsp3) is 0.818. The summed E-state index contributed by atoms with van der Waals surface area (Å²) in [5, 5.41) is 14.5. The van der Waals surface area contributed by atoms with E-state index in [-0.39, 0.29) is 24.3 Å². The Labute approximate surface area is 101 Å². The smallest absolute Gasteiger partial charge is 0.303 e. The number of amides is 1. The molecule has 1 aliphatic heterocycles. The molecular weight excluding hydrogens is 224 g/mol. The fourth-order valence-electron chi connectivity index (χ4n) is 1.71. The number of carbonyl (C=O) groups excluding carboxylic acids is 1. The van der Waals surface area contributed by atoms with Gasteiger partial charge in [-0.15, -0.1) is 0 Å². The van der Waals surface area contributed by atoms with E-state index in [4.69, 9.17) is 9.84 Å². The molecular formula is C11H20N2O4. The fourth-order valence-corrected chi connectivity index (χ4v) is 1.71. The van der Waals surface area contributed by atoms with Gasteiger partial charge in [0.2, 0.25) is 5.91 Å². The lowest BCUT2D eigenvalue weighted by atomic mass is 10.0. The van der Waals surface area contributed by atoms with Gasteiger partial charge in [-0.25, -0.2) is 0 Å². The van der Waals surface area contributed by atoms with Crippen molar-refractivity contribution in [2.45, 2.75) is 25.8 Å². The molecule has 0 bridgehead atoms. The van der Waals surface area contributed by atoms with Crippen molar-refractivity contribution in [1.82, 2.24) is 10.6 Å². The molecule has 6 heteroatoms. The highest BCUT2D eigenvalue weighted by Crippen LogP contribution is 2.06. The summed E-state index contributed by atoms with van der Waals surface area (Å²) < 4.78 is 5.18. The summed E-state index contributed by atoms with van der Waals surface area (Å²) in [7, 11) is 0. The second-order valence-electron chi connectivity index (χ2n) is 4.20. The predicted molar refractivity (Wildman–Crippen MR) is 61.7 cm³/mol.